The Morgan fingerprint density at radius 1 is 0.476 bits per heavy atom. The van der Waals surface area contributed by atoms with Gasteiger partial charge in [0.25, 0.3) is 0 Å². The van der Waals surface area contributed by atoms with Crippen LogP contribution in [0.25, 0.3) is 0 Å². The molecule has 0 bridgehead atoms. The Labute approximate surface area is 393 Å². The largest absolute Gasteiger partial charge is 0.396 e. The maximum absolute atomic E-state index is 12.2. The Hall–Kier alpha value is -4.64. The number of likely N-dealkylation sites (N-methyl/N-ethyl adjacent to an activating group) is 1. The number of amides is 2. The first kappa shape index (κ1) is 51.0. The van der Waals surface area contributed by atoms with Crippen LogP contribution < -0.4 is 0 Å². The molecule has 0 fully saturated rings. The lowest BCUT2D eigenvalue weighted by Crippen LogP contribution is -2.34. The summed E-state index contributed by atoms with van der Waals surface area (Å²) in [5, 5.41) is 9.89. The van der Waals surface area contributed by atoms with Gasteiger partial charge in [-0.1, -0.05) is 198 Å². The van der Waals surface area contributed by atoms with E-state index in [4.69, 9.17) is 4.74 Å². The summed E-state index contributed by atoms with van der Waals surface area (Å²) in [6.07, 6.45) is 0. The molecule has 0 aliphatic rings. The number of thioether (sulfide) groups is 2. The van der Waals surface area contributed by atoms with Crippen molar-refractivity contribution < 1.29 is 19.4 Å². The maximum atomic E-state index is 12.2. The van der Waals surface area contributed by atoms with Gasteiger partial charge in [-0.25, -0.2) is 0 Å². The van der Waals surface area contributed by atoms with Crippen LogP contribution in [0.15, 0.2) is 182 Å². The maximum Gasteiger partial charge on any atom is 0.248 e. The number of aliphatic hydroxyl groups is 1. The number of rotatable bonds is 20. The molecule has 0 spiro atoms. The zero-order valence-corrected chi connectivity index (χ0v) is 40.4. The number of ether oxygens (including phenoxy) is 1. The molecule has 0 heterocycles. The fourth-order valence-electron chi connectivity index (χ4n) is 7.48. The van der Waals surface area contributed by atoms with Gasteiger partial charge in [0.15, 0.2) is 0 Å². The van der Waals surface area contributed by atoms with Crippen molar-refractivity contribution in [3.8, 4) is 0 Å². The highest BCUT2D eigenvalue weighted by molar-refractivity contribution is 9.09. The zero-order valence-electron chi connectivity index (χ0n) is 37.2. The van der Waals surface area contributed by atoms with Crippen molar-refractivity contribution in [3.63, 3.8) is 0 Å². The second-order valence-corrected chi connectivity index (χ2v) is 17.5. The van der Waals surface area contributed by atoms with Crippen molar-refractivity contribution in [1.82, 2.24) is 9.80 Å². The zero-order chi connectivity index (χ0) is 45.2. The van der Waals surface area contributed by atoms with Gasteiger partial charge in [0.2, 0.25) is 11.8 Å². The number of aliphatic hydroxyl groups excluding tert-OH is 1. The SMILES string of the molecule is CCN(CC)C(=O)CBr.CCN(CC)C(=O)COCCSC(c1ccccc1)(c1ccccc1)c1ccccc1.OCCSC(c1ccccc1)(c1ccccc1)c1ccccc1. The predicted octanol–water partition coefficient (Wildman–Crippen LogP) is 11.6. The second kappa shape index (κ2) is 28.2. The molecule has 9 heteroatoms. The van der Waals surface area contributed by atoms with E-state index in [9.17, 15) is 14.7 Å². The third kappa shape index (κ3) is 14.2. The van der Waals surface area contributed by atoms with Crippen molar-refractivity contribution in [2.75, 3.05) is 62.8 Å². The van der Waals surface area contributed by atoms with Crippen LogP contribution in [0.3, 0.4) is 0 Å². The number of nitrogens with zero attached hydrogens (tertiary/aromatic N) is 2. The molecule has 0 radical (unpaired) electrons. The molecule has 332 valence electrons. The number of halogens is 1. The molecule has 1 N–H and O–H groups in total. The first-order chi connectivity index (χ1) is 30.9. The van der Waals surface area contributed by atoms with Gasteiger partial charge in [-0.3, -0.25) is 9.59 Å². The molecule has 6 nitrogen and oxygen atoms in total. The molecule has 0 saturated carbocycles. The molecular weight excluding hydrogens is 885 g/mol. The molecular formula is C54H63BrN2O4S2. The Kier molecular flexibility index (Phi) is 22.8. The molecule has 0 aromatic heterocycles. The van der Waals surface area contributed by atoms with Gasteiger partial charge in [-0.05, 0) is 61.1 Å². The van der Waals surface area contributed by atoms with Crippen LogP contribution >= 0.6 is 39.5 Å². The third-order valence-corrected chi connectivity index (χ3v) is 14.1. The molecule has 6 aromatic carbocycles. The average Bonchev–Trinajstić information content (AvgIpc) is 3.36. The summed E-state index contributed by atoms with van der Waals surface area (Å²) in [7, 11) is 0. The molecule has 0 saturated heterocycles. The van der Waals surface area contributed by atoms with Crippen LogP contribution in [0.4, 0.5) is 0 Å². The fraction of sp³-hybridized carbons (Fsp3) is 0.296. The van der Waals surface area contributed by atoms with Crippen LogP contribution in [0, 0.1) is 0 Å². The fourth-order valence-corrected chi connectivity index (χ4v) is 10.6. The summed E-state index contributed by atoms with van der Waals surface area (Å²) in [5.41, 5.74) is 7.40. The smallest absolute Gasteiger partial charge is 0.248 e. The van der Waals surface area contributed by atoms with E-state index in [0.29, 0.717) is 30.8 Å². The number of hydrogen-bond donors (Lipinski definition) is 1. The molecule has 0 atom stereocenters. The van der Waals surface area contributed by atoms with E-state index in [0.717, 1.165) is 18.8 Å². The van der Waals surface area contributed by atoms with Crippen molar-refractivity contribution in [2.45, 2.75) is 37.2 Å². The molecule has 0 aliphatic heterocycles. The minimum atomic E-state index is -0.351. The van der Waals surface area contributed by atoms with Gasteiger partial charge >= 0.3 is 0 Å². The van der Waals surface area contributed by atoms with E-state index in [1.54, 1.807) is 21.6 Å². The number of carbonyl (C=O) groups is 2. The average molecular weight is 948 g/mol. The normalized spacial score (nSPS) is 11.0. The van der Waals surface area contributed by atoms with Crippen molar-refractivity contribution in [1.29, 1.82) is 0 Å². The second-order valence-electron chi connectivity index (χ2n) is 14.3. The van der Waals surface area contributed by atoms with E-state index >= 15 is 0 Å². The van der Waals surface area contributed by atoms with E-state index in [-0.39, 0.29) is 34.5 Å². The minimum absolute atomic E-state index is 0.0513. The summed E-state index contributed by atoms with van der Waals surface area (Å²) < 4.78 is 5.11. The minimum Gasteiger partial charge on any atom is -0.396 e. The highest BCUT2D eigenvalue weighted by Gasteiger charge is 2.37. The van der Waals surface area contributed by atoms with Gasteiger partial charge in [0, 0.05) is 37.7 Å². The summed E-state index contributed by atoms with van der Waals surface area (Å²) in [4.78, 5) is 26.7. The van der Waals surface area contributed by atoms with Crippen molar-refractivity contribution in [2.24, 2.45) is 0 Å². The predicted molar refractivity (Wildman–Crippen MR) is 271 cm³/mol. The molecule has 0 unspecified atom stereocenters. The number of alkyl halides is 1. The van der Waals surface area contributed by atoms with Gasteiger partial charge in [-0.15, -0.1) is 23.5 Å². The van der Waals surface area contributed by atoms with Crippen LogP contribution in [0.1, 0.15) is 61.1 Å². The summed E-state index contributed by atoms with van der Waals surface area (Å²) in [6.45, 7) is 11.8. The van der Waals surface area contributed by atoms with Gasteiger partial charge in [-0.2, -0.15) is 0 Å². The Balaban J connectivity index is 0.000000238. The van der Waals surface area contributed by atoms with Crippen LogP contribution in [-0.2, 0) is 23.8 Å². The monoisotopic (exact) mass is 946 g/mol. The molecule has 6 aromatic rings. The first-order valence-corrected chi connectivity index (χ1v) is 24.9. The van der Waals surface area contributed by atoms with E-state index in [1.807, 2.05) is 57.7 Å². The molecule has 0 aliphatic carbocycles. The lowest BCUT2D eigenvalue weighted by atomic mass is 9.84. The van der Waals surface area contributed by atoms with E-state index < -0.39 is 0 Å². The Morgan fingerprint density at radius 3 is 0.984 bits per heavy atom. The molecule has 6 rings (SSSR count). The quantitative estimate of drug-likeness (QED) is 0.0467. The topological polar surface area (TPSA) is 70.1 Å². The number of benzene rings is 6. The lowest BCUT2D eigenvalue weighted by Gasteiger charge is -2.35. The Morgan fingerprint density at radius 2 is 0.746 bits per heavy atom. The standard InChI is InChI=1S/C27H31NO2S.C21H20OS.C6H12BrNO/c1-3-28(4-2)26(29)22-30-20-21-31-27(23-14-8-5-9-15-23,24-16-10-6-11-17-24)25-18-12-7-13-19-25;22-16-17-23-21(18-10-4-1-5-11-18,19-12-6-2-7-13-19)20-14-8-3-9-15-20;1-3-8(4-2)6(9)5-7/h5-19H,3-4,20-22H2,1-2H3;1-15,22H,16-17H2;3-5H2,1-2H3. The van der Waals surface area contributed by atoms with Gasteiger partial charge in [0.1, 0.15) is 6.61 Å². The molecule has 2 amide bonds. The Bertz CT molecular complexity index is 1930. The number of hydrogen-bond acceptors (Lipinski definition) is 6. The van der Waals surface area contributed by atoms with Crippen molar-refractivity contribution >= 4 is 51.3 Å². The first-order valence-electron chi connectivity index (χ1n) is 21.8. The van der Waals surface area contributed by atoms with E-state index in [1.165, 1.54) is 33.4 Å². The number of carbonyl (C=O) groups excluding carboxylic acids is 2. The van der Waals surface area contributed by atoms with Gasteiger partial charge in [0.05, 0.1) is 28.0 Å². The summed E-state index contributed by atoms with van der Waals surface area (Å²) in [6, 6.07) is 63.5. The van der Waals surface area contributed by atoms with Crippen LogP contribution in [-0.4, -0.2) is 89.6 Å². The highest BCUT2D eigenvalue weighted by Crippen LogP contribution is 2.49. The summed E-state index contributed by atoms with van der Waals surface area (Å²) >= 11 is 6.73. The highest BCUT2D eigenvalue weighted by atomic mass is 79.9. The third-order valence-electron chi connectivity index (χ3n) is 10.6. The van der Waals surface area contributed by atoms with Gasteiger partial charge < -0.3 is 19.6 Å². The summed E-state index contributed by atoms with van der Waals surface area (Å²) in [5.74, 6) is 1.67. The van der Waals surface area contributed by atoms with Crippen molar-refractivity contribution in [3.05, 3.63) is 215 Å². The lowest BCUT2D eigenvalue weighted by molar-refractivity contribution is -0.135. The van der Waals surface area contributed by atoms with Crippen LogP contribution in [0.5, 0.6) is 0 Å². The van der Waals surface area contributed by atoms with E-state index in [2.05, 4.69) is 180 Å². The molecule has 63 heavy (non-hydrogen) atoms. The van der Waals surface area contributed by atoms with Crippen LogP contribution in [0.2, 0.25) is 0 Å².